The fraction of sp³-hybridized carbons (Fsp3) is 0.625. The van der Waals surface area contributed by atoms with Crippen LogP contribution in [0, 0.1) is 5.92 Å². The summed E-state index contributed by atoms with van der Waals surface area (Å²) in [4.78, 5) is 11.7. The number of nitrogens with one attached hydrogen (secondary N) is 2. The largest absolute Gasteiger partial charge is 0.369 e. The molecule has 0 amide bonds. The Balaban J connectivity index is 2.19. The van der Waals surface area contributed by atoms with Gasteiger partial charge in [0.25, 0.3) is 0 Å². The van der Waals surface area contributed by atoms with E-state index in [1.54, 1.807) is 11.3 Å². The van der Waals surface area contributed by atoms with E-state index in [4.69, 9.17) is 0 Å². The van der Waals surface area contributed by atoms with Crippen molar-refractivity contribution in [2.75, 3.05) is 23.7 Å². The van der Waals surface area contributed by atoms with Gasteiger partial charge >= 0.3 is 0 Å². The molecule has 116 valence electrons. The molecule has 2 heterocycles. The molecule has 0 fully saturated rings. The van der Waals surface area contributed by atoms with Crippen LogP contribution in [0.4, 0.5) is 11.8 Å². The van der Waals surface area contributed by atoms with Crippen molar-refractivity contribution in [3.05, 3.63) is 10.9 Å². The lowest BCUT2D eigenvalue weighted by Gasteiger charge is -2.10. The van der Waals surface area contributed by atoms with Gasteiger partial charge in [-0.05, 0) is 38.2 Å². The molecule has 0 unspecified atom stereocenters. The van der Waals surface area contributed by atoms with Crippen molar-refractivity contribution in [2.45, 2.75) is 47.0 Å². The molecule has 0 saturated heterocycles. The Labute approximate surface area is 131 Å². The average Bonchev–Trinajstić information content (AvgIpc) is 2.86. The van der Waals surface area contributed by atoms with Crippen molar-refractivity contribution in [3.8, 4) is 0 Å². The molecule has 5 heteroatoms. The zero-order chi connectivity index (χ0) is 15.2. The topological polar surface area (TPSA) is 49.8 Å². The molecule has 0 aliphatic carbocycles. The lowest BCUT2D eigenvalue weighted by Crippen LogP contribution is -2.08. The molecule has 0 bridgehead atoms. The van der Waals surface area contributed by atoms with Gasteiger partial charge < -0.3 is 10.6 Å². The number of rotatable bonds is 8. The minimum atomic E-state index is 0.723. The predicted molar refractivity (Wildman–Crippen MR) is 93.5 cm³/mol. The van der Waals surface area contributed by atoms with Crippen LogP contribution in [0.25, 0.3) is 10.2 Å². The molecular weight excluding hydrogens is 280 g/mol. The van der Waals surface area contributed by atoms with Crippen molar-refractivity contribution in [1.29, 1.82) is 0 Å². The number of nitrogens with zero attached hydrogens (tertiary/aromatic N) is 2. The van der Waals surface area contributed by atoms with Gasteiger partial charge in [0.2, 0.25) is 5.95 Å². The van der Waals surface area contributed by atoms with Crippen LogP contribution in [-0.4, -0.2) is 23.1 Å². The smallest absolute Gasteiger partial charge is 0.226 e. The summed E-state index contributed by atoms with van der Waals surface area (Å²) < 4.78 is 0. The summed E-state index contributed by atoms with van der Waals surface area (Å²) in [5.41, 5.74) is 0. The first kappa shape index (κ1) is 16.0. The third kappa shape index (κ3) is 4.30. The Hall–Kier alpha value is -1.36. The standard InChI is InChI=1S/C16H26N4S/c1-5-12-10-13-14(18-9-7-8-11(3)4)19-16(17-6-2)20-15(13)21-12/h10-11H,5-9H2,1-4H3,(H2,17,18,19,20). The molecule has 0 radical (unpaired) electrons. The second-order valence-electron chi connectivity index (χ2n) is 5.67. The molecule has 0 spiro atoms. The van der Waals surface area contributed by atoms with Crippen LogP contribution in [0.2, 0.25) is 0 Å². The van der Waals surface area contributed by atoms with Crippen LogP contribution < -0.4 is 10.6 Å². The van der Waals surface area contributed by atoms with Gasteiger partial charge in [-0.2, -0.15) is 4.98 Å². The zero-order valence-corrected chi connectivity index (χ0v) is 14.3. The van der Waals surface area contributed by atoms with Crippen LogP contribution in [0.5, 0.6) is 0 Å². The van der Waals surface area contributed by atoms with Gasteiger partial charge in [0.05, 0.1) is 5.39 Å². The normalized spacial score (nSPS) is 11.3. The first-order chi connectivity index (χ1) is 10.1. The lowest BCUT2D eigenvalue weighted by molar-refractivity contribution is 0.567. The van der Waals surface area contributed by atoms with Crippen molar-refractivity contribution in [1.82, 2.24) is 9.97 Å². The van der Waals surface area contributed by atoms with Crippen LogP contribution in [-0.2, 0) is 6.42 Å². The second kappa shape index (κ2) is 7.59. The summed E-state index contributed by atoms with van der Waals surface area (Å²) in [7, 11) is 0. The highest BCUT2D eigenvalue weighted by Gasteiger charge is 2.11. The number of anilines is 2. The first-order valence-electron chi connectivity index (χ1n) is 7.92. The van der Waals surface area contributed by atoms with E-state index < -0.39 is 0 Å². The molecule has 2 aromatic rings. The van der Waals surface area contributed by atoms with E-state index in [1.807, 2.05) is 0 Å². The van der Waals surface area contributed by atoms with E-state index in [9.17, 15) is 0 Å². The number of thiophene rings is 1. The van der Waals surface area contributed by atoms with Gasteiger partial charge in [-0.25, -0.2) is 4.98 Å². The van der Waals surface area contributed by atoms with Gasteiger partial charge in [0.1, 0.15) is 10.6 Å². The Kier molecular flexibility index (Phi) is 5.79. The summed E-state index contributed by atoms with van der Waals surface area (Å²) in [5, 5.41) is 7.87. The van der Waals surface area contributed by atoms with E-state index in [1.165, 1.54) is 17.7 Å². The van der Waals surface area contributed by atoms with Crippen LogP contribution in [0.1, 0.15) is 45.4 Å². The highest BCUT2D eigenvalue weighted by molar-refractivity contribution is 7.18. The predicted octanol–water partition coefficient (Wildman–Crippen LogP) is 4.53. The Morgan fingerprint density at radius 3 is 2.67 bits per heavy atom. The van der Waals surface area contributed by atoms with Gasteiger partial charge in [0, 0.05) is 18.0 Å². The van der Waals surface area contributed by atoms with Crippen molar-refractivity contribution in [3.63, 3.8) is 0 Å². The van der Waals surface area contributed by atoms with Gasteiger partial charge in [0.15, 0.2) is 0 Å². The first-order valence-corrected chi connectivity index (χ1v) is 8.73. The third-order valence-electron chi connectivity index (χ3n) is 3.38. The Morgan fingerprint density at radius 2 is 2.00 bits per heavy atom. The number of fused-ring (bicyclic) bond motifs is 1. The maximum atomic E-state index is 4.63. The number of aromatic nitrogens is 2. The summed E-state index contributed by atoms with van der Waals surface area (Å²) in [6.07, 6.45) is 3.46. The summed E-state index contributed by atoms with van der Waals surface area (Å²) in [5.74, 6) is 2.44. The molecule has 0 aliphatic rings. The lowest BCUT2D eigenvalue weighted by atomic mass is 10.1. The van der Waals surface area contributed by atoms with Crippen molar-refractivity contribution < 1.29 is 0 Å². The number of hydrogen-bond donors (Lipinski definition) is 2. The summed E-state index contributed by atoms with van der Waals surface area (Å²) in [6, 6.07) is 2.22. The van der Waals surface area contributed by atoms with E-state index >= 15 is 0 Å². The molecule has 2 aromatic heterocycles. The molecule has 0 atom stereocenters. The molecule has 0 aliphatic heterocycles. The minimum Gasteiger partial charge on any atom is -0.369 e. The van der Waals surface area contributed by atoms with Crippen LogP contribution in [0.15, 0.2) is 6.07 Å². The molecular formula is C16H26N4S. The summed E-state index contributed by atoms with van der Waals surface area (Å²) in [6.45, 7) is 10.6. The van der Waals surface area contributed by atoms with Gasteiger partial charge in [-0.3, -0.25) is 0 Å². The summed E-state index contributed by atoms with van der Waals surface area (Å²) >= 11 is 1.76. The number of hydrogen-bond acceptors (Lipinski definition) is 5. The highest BCUT2D eigenvalue weighted by atomic mass is 32.1. The van der Waals surface area contributed by atoms with Crippen molar-refractivity contribution in [2.24, 2.45) is 5.92 Å². The van der Waals surface area contributed by atoms with E-state index in [0.717, 1.165) is 47.4 Å². The SMILES string of the molecule is CCNc1nc(NCCCC(C)C)c2cc(CC)sc2n1. The highest BCUT2D eigenvalue weighted by Crippen LogP contribution is 2.30. The fourth-order valence-corrected chi connectivity index (χ4v) is 3.20. The minimum absolute atomic E-state index is 0.723. The average molecular weight is 306 g/mol. The van der Waals surface area contributed by atoms with E-state index in [0.29, 0.717) is 0 Å². The van der Waals surface area contributed by atoms with Gasteiger partial charge in [-0.1, -0.05) is 20.8 Å². The third-order valence-corrected chi connectivity index (χ3v) is 4.55. The fourth-order valence-electron chi connectivity index (χ4n) is 2.23. The van der Waals surface area contributed by atoms with E-state index in [-0.39, 0.29) is 0 Å². The Morgan fingerprint density at radius 1 is 1.19 bits per heavy atom. The second-order valence-corrected chi connectivity index (χ2v) is 6.79. The quantitative estimate of drug-likeness (QED) is 0.703. The molecule has 2 rings (SSSR count). The van der Waals surface area contributed by atoms with Crippen LogP contribution >= 0.6 is 11.3 Å². The molecule has 0 saturated carbocycles. The van der Waals surface area contributed by atoms with Crippen molar-refractivity contribution >= 4 is 33.3 Å². The van der Waals surface area contributed by atoms with Crippen LogP contribution in [0.3, 0.4) is 0 Å². The molecule has 2 N–H and O–H groups in total. The maximum absolute atomic E-state index is 4.63. The molecule has 4 nitrogen and oxygen atoms in total. The zero-order valence-electron chi connectivity index (χ0n) is 13.5. The molecule has 21 heavy (non-hydrogen) atoms. The Bertz CT molecular complexity index is 577. The van der Waals surface area contributed by atoms with E-state index in [2.05, 4.69) is 54.4 Å². The number of aryl methyl sites for hydroxylation is 1. The maximum Gasteiger partial charge on any atom is 0.226 e. The monoisotopic (exact) mass is 306 g/mol. The van der Waals surface area contributed by atoms with Gasteiger partial charge in [-0.15, -0.1) is 11.3 Å². The molecule has 0 aromatic carbocycles.